The number of carbonyl (C=O) groups is 1. The summed E-state index contributed by atoms with van der Waals surface area (Å²) >= 11 is 0. The molecule has 1 N–H and O–H groups in total. The summed E-state index contributed by atoms with van der Waals surface area (Å²) in [5.74, 6) is 0. The summed E-state index contributed by atoms with van der Waals surface area (Å²) in [6.45, 7) is 0.613. The fourth-order valence-corrected chi connectivity index (χ4v) is 3.04. The molecule has 0 aliphatic heterocycles. The van der Waals surface area contributed by atoms with Crippen LogP contribution in [0, 0.1) is 0 Å². The van der Waals surface area contributed by atoms with Gasteiger partial charge in [0, 0.05) is 19.3 Å². The Kier molecular flexibility index (Phi) is 4.42. The summed E-state index contributed by atoms with van der Waals surface area (Å²) in [7, 11) is 1.83. The number of fused-ring (bicyclic) bond motifs is 1. The Balaban J connectivity index is 1.69. The molecule has 0 unspecified atom stereocenters. The smallest absolute Gasteiger partial charge is 0.321 e. The van der Waals surface area contributed by atoms with Crippen LogP contribution in [0.3, 0.4) is 0 Å². The quantitative estimate of drug-likeness (QED) is 0.902. The second kappa shape index (κ2) is 6.65. The molecule has 2 aromatic carbocycles. The van der Waals surface area contributed by atoms with Crippen LogP contribution in [0.2, 0.25) is 0 Å². The van der Waals surface area contributed by atoms with Crippen molar-refractivity contribution >= 4 is 11.7 Å². The van der Waals surface area contributed by atoms with Gasteiger partial charge in [0.2, 0.25) is 0 Å². The van der Waals surface area contributed by atoms with E-state index in [-0.39, 0.29) is 6.03 Å². The molecule has 3 nitrogen and oxygen atoms in total. The Bertz CT molecular complexity index is 652. The number of nitrogens with zero attached hydrogens (tertiary/aromatic N) is 1. The van der Waals surface area contributed by atoms with Gasteiger partial charge in [0.05, 0.1) is 0 Å². The van der Waals surface area contributed by atoms with Gasteiger partial charge in [0.25, 0.3) is 0 Å². The summed E-state index contributed by atoms with van der Waals surface area (Å²) in [4.78, 5) is 14.1. The summed E-state index contributed by atoms with van der Waals surface area (Å²) in [5.41, 5.74) is 4.81. The van der Waals surface area contributed by atoms with Crippen LogP contribution >= 0.6 is 0 Å². The minimum absolute atomic E-state index is 0.0529. The first kappa shape index (κ1) is 14.6. The monoisotopic (exact) mass is 294 g/mol. The maximum Gasteiger partial charge on any atom is 0.321 e. The highest BCUT2D eigenvalue weighted by Crippen LogP contribution is 2.28. The Labute approximate surface area is 132 Å². The lowest BCUT2D eigenvalue weighted by atomic mass is 9.90. The van der Waals surface area contributed by atoms with Crippen molar-refractivity contribution < 1.29 is 4.79 Å². The van der Waals surface area contributed by atoms with Crippen molar-refractivity contribution in [2.24, 2.45) is 0 Å². The van der Waals surface area contributed by atoms with Crippen molar-refractivity contribution in [1.82, 2.24) is 4.90 Å². The number of benzene rings is 2. The van der Waals surface area contributed by atoms with Crippen molar-refractivity contribution in [3.8, 4) is 0 Å². The zero-order valence-corrected chi connectivity index (χ0v) is 13.0. The second-order valence-electron chi connectivity index (χ2n) is 5.92. The van der Waals surface area contributed by atoms with Crippen LogP contribution in [0.5, 0.6) is 0 Å². The second-order valence-corrected chi connectivity index (χ2v) is 5.92. The zero-order valence-electron chi connectivity index (χ0n) is 13.0. The van der Waals surface area contributed by atoms with Crippen molar-refractivity contribution in [3.63, 3.8) is 0 Å². The lowest BCUT2D eigenvalue weighted by Crippen LogP contribution is -2.31. The first-order valence-electron chi connectivity index (χ1n) is 7.91. The molecule has 1 aliphatic rings. The van der Waals surface area contributed by atoms with E-state index in [2.05, 4.69) is 11.4 Å². The fourth-order valence-electron chi connectivity index (χ4n) is 3.04. The summed E-state index contributed by atoms with van der Waals surface area (Å²) in [5, 5.41) is 3.08. The SMILES string of the molecule is CN(Cc1ccccc1)C(=O)Nc1cccc2c1CCCC2. The van der Waals surface area contributed by atoms with Crippen LogP contribution < -0.4 is 5.32 Å². The largest absolute Gasteiger partial charge is 0.323 e. The Morgan fingerprint density at radius 3 is 2.64 bits per heavy atom. The lowest BCUT2D eigenvalue weighted by Gasteiger charge is -2.22. The molecule has 0 atom stereocenters. The maximum atomic E-state index is 12.4. The molecule has 0 heterocycles. The van der Waals surface area contributed by atoms with Gasteiger partial charge >= 0.3 is 6.03 Å². The van der Waals surface area contributed by atoms with Crippen LogP contribution in [0.15, 0.2) is 48.5 Å². The van der Waals surface area contributed by atoms with Crippen molar-refractivity contribution in [2.75, 3.05) is 12.4 Å². The molecular formula is C19H22N2O. The molecule has 3 heteroatoms. The van der Waals surface area contributed by atoms with Crippen LogP contribution in [0.1, 0.15) is 29.5 Å². The standard InChI is InChI=1S/C19H22N2O/c1-21(14-15-8-3-2-4-9-15)19(22)20-18-13-7-11-16-10-5-6-12-17(16)18/h2-4,7-9,11,13H,5-6,10,12,14H2,1H3,(H,20,22). The van der Waals surface area contributed by atoms with E-state index in [1.165, 1.54) is 24.0 Å². The molecule has 0 spiro atoms. The average Bonchev–Trinajstić information content (AvgIpc) is 2.56. The molecule has 0 saturated heterocycles. The molecule has 2 amide bonds. The van der Waals surface area contributed by atoms with Gasteiger partial charge in [-0.2, -0.15) is 0 Å². The van der Waals surface area contributed by atoms with Crippen LogP contribution in [-0.4, -0.2) is 18.0 Å². The maximum absolute atomic E-state index is 12.4. The van der Waals surface area contributed by atoms with E-state index in [1.807, 2.05) is 49.5 Å². The predicted molar refractivity (Wildman–Crippen MR) is 90.0 cm³/mol. The lowest BCUT2D eigenvalue weighted by molar-refractivity contribution is 0.220. The third-order valence-corrected chi connectivity index (χ3v) is 4.25. The third-order valence-electron chi connectivity index (χ3n) is 4.25. The third kappa shape index (κ3) is 3.30. The summed E-state index contributed by atoms with van der Waals surface area (Å²) in [6, 6.07) is 16.2. The highest BCUT2D eigenvalue weighted by molar-refractivity contribution is 5.90. The number of rotatable bonds is 3. The fraction of sp³-hybridized carbons (Fsp3) is 0.316. The molecule has 0 fully saturated rings. The van der Waals surface area contributed by atoms with Gasteiger partial charge in [-0.05, 0) is 48.4 Å². The Morgan fingerprint density at radius 2 is 1.82 bits per heavy atom. The highest BCUT2D eigenvalue weighted by Gasteiger charge is 2.16. The number of hydrogen-bond acceptors (Lipinski definition) is 1. The first-order valence-corrected chi connectivity index (χ1v) is 7.91. The minimum Gasteiger partial charge on any atom is -0.323 e. The van der Waals surface area contributed by atoms with Crippen LogP contribution in [-0.2, 0) is 19.4 Å². The highest BCUT2D eigenvalue weighted by atomic mass is 16.2. The minimum atomic E-state index is -0.0529. The first-order chi connectivity index (χ1) is 10.7. The van der Waals surface area contributed by atoms with Gasteiger partial charge in [-0.3, -0.25) is 0 Å². The summed E-state index contributed by atoms with van der Waals surface area (Å²) < 4.78 is 0. The van der Waals surface area contributed by atoms with Crippen LogP contribution in [0.4, 0.5) is 10.5 Å². The van der Waals surface area contributed by atoms with Gasteiger partial charge in [-0.25, -0.2) is 4.79 Å². The number of anilines is 1. The molecule has 0 aromatic heterocycles. The summed E-state index contributed by atoms with van der Waals surface area (Å²) in [6.07, 6.45) is 4.64. The normalized spacial score (nSPS) is 13.3. The van der Waals surface area contributed by atoms with Crippen molar-refractivity contribution in [3.05, 3.63) is 65.2 Å². The Morgan fingerprint density at radius 1 is 1.05 bits per heavy atom. The molecule has 2 aromatic rings. The van der Waals surface area contributed by atoms with Gasteiger partial charge in [0.1, 0.15) is 0 Å². The van der Waals surface area contributed by atoms with E-state index < -0.39 is 0 Å². The molecule has 22 heavy (non-hydrogen) atoms. The zero-order chi connectivity index (χ0) is 15.4. The van der Waals surface area contributed by atoms with Crippen molar-refractivity contribution in [1.29, 1.82) is 0 Å². The van der Waals surface area contributed by atoms with E-state index in [1.54, 1.807) is 4.90 Å². The molecule has 0 saturated carbocycles. The molecule has 0 radical (unpaired) electrons. The van der Waals surface area contributed by atoms with E-state index in [0.717, 1.165) is 24.1 Å². The van der Waals surface area contributed by atoms with E-state index >= 15 is 0 Å². The topological polar surface area (TPSA) is 32.3 Å². The molecule has 0 bridgehead atoms. The van der Waals surface area contributed by atoms with Crippen molar-refractivity contribution in [2.45, 2.75) is 32.2 Å². The predicted octanol–water partition coefficient (Wildman–Crippen LogP) is 4.23. The number of hydrogen-bond donors (Lipinski definition) is 1. The van der Waals surface area contributed by atoms with Gasteiger partial charge in [-0.1, -0.05) is 42.5 Å². The van der Waals surface area contributed by atoms with Gasteiger partial charge in [-0.15, -0.1) is 0 Å². The molecule has 1 aliphatic carbocycles. The number of urea groups is 1. The number of aryl methyl sites for hydroxylation is 1. The molecule has 114 valence electrons. The Hall–Kier alpha value is -2.29. The number of carbonyl (C=O) groups excluding carboxylic acids is 1. The average molecular weight is 294 g/mol. The van der Waals surface area contributed by atoms with E-state index in [0.29, 0.717) is 6.54 Å². The molecular weight excluding hydrogens is 272 g/mol. The van der Waals surface area contributed by atoms with E-state index in [4.69, 9.17) is 0 Å². The molecule has 3 rings (SSSR count). The number of nitrogens with one attached hydrogen (secondary N) is 1. The number of amides is 2. The van der Waals surface area contributed by atoms with Gasteiger partial charge in [0.15, 0.2) is 0 Å². The van der Waals surface area contributed by atoms with Crippen LogP contribution in [0.25, 0.3) is 0 Å². The van der Waals surface area contributed by atoms with E-state index in [9.17, 15) is 4.79 Å². The van der Waals surface area contributed by atoms with Gasteiger partial charge < -0.3 is 10.2 Å².